The fourth-order valence-corrected chi connectivity index (χ4v) is 2.68. The number of carbonyl (C=O) groups excluding carboxylic acids is 1. The second-order valence-corrected chi connectivity index (χ2v) is 5.33. The standard InChI is InChI=1S/C12H18ClN3OS/c1-4-8(7-18-3)16(2)12(17)9-5-11(13)15-6-10(9)14/h5-6,8H,4,7,14H2,1-3H3. The number of anilines is 1. The molecule has 0 radical (unpaired) electrons. The van der Waals surface area contributed by atoms with Gasteiger partial charge in [0, 0.05) is 18.8 Å². The summed E-state index contributed by atoms with van der Waals surface area (Å²) in [5.74, 6) is 0.787. The molecule has 1 aromatic rings. The first-order valence-corrected chi connectivity index (χ1v) is 7.45. The number of aromatic nitrogens is 1. The zero-order valence-corrected chi connectivity index (χ0v) is 12.4. The van der Waals surface area contributed by atoms with Gasteiger partial charge in [0.05, 0.1) is 17.4 Å². The molecule has 0 bridgehead atoms. The number of amides is 1. The van der Waals surface area contributed by atoms with Gasteiger partial charge in [-0.25, -0.2) is 4.98 Å². The number of nitrogens with two attached hydrogens (primary N) is 1. The Morgan fingerprint density at radius 1 is 1.67 bits per heavy atom. The van der Waals surface area contributed by atoms with Crippen LogP contribution in [-0.4, -0.2) is 40.9 Å². The minimum atomic E-state index is -0.113. The predicted octanol–water partition coefficient (Wildman–Crippen LogP) is 2.53. The van der Waals surface area contributed by atoms with Gasteiger partial charge in [0.2, 0.25) is 0 Å². The van der Waals surface area contributed by atoms with Crippen LogP contribution >= 0.6 is 23.4 Å². The summed E-state index contributed by atoms with van der Waals surface area (Å²) in [6, 6.07) is 1.71. The number of pyridine rings is 1. The van der Waals surface area contributed by atoms with E-state index in [1.807, 2.05) is 6.26 Å². The number of halogens is 1. The fourth-order valence-electron chi connectivity index (χ4n) is 1.68. The molecule has 0 fully saturated rings. The van der Waals surface area contributed by atoms with Crippen LogP contribution in [0, 0.1) is 0 Å². The zero-order chi connectivity index (χ0) is 13.7. The first-order valence-electron chi connectivity index (χ1n) is 5.68. The SMILES string of the molecule is CCC(CSC)N(C)C(=O)c1cc(Cl)ncc1N. The van der Waals surface area contributed by atoms with E-state index in [1.165, 1.54) is 12.3 Å². The van der Waals surface area contributed by atoms with Crippen molar-refractivity contribution in [2.75, 3.05) is 24.8 Å². The average Bonchev–Trinajstić information content (AvgIpc) is 2.37. The maximum absolute atomic E-state index is 12.3. The molecule has 0 saturated heterocycles. The van der Waals surface area contributed by atoms with Gasteiger partial charge in [0.1, 0.15) is 5.15 Å². The lowest BCUT2D eigenvalue weighted by Crippen LogP contribution is -2.38. The molecule has 0 saturated carbocycles. The van der Waals surface area contributed by atoms with Gasteiger partial charge in [-0.3, -0.25) is 4.79 Å². The summed E-state index contributed by atoms with van der Waals surface area (Å²) in [4.78, 5) is 17.9. The largest absolute Gasteiger partial charge is 0.397 e. The second kappa shape index (κ2) is 6.85. The quantitative estimate of drug-likeness (QED) is 0.846. The Kier molecular flexibility index (Phi) is 5.75. The van der Waals surface area contributed by atoms with Gasteiger partial charge in [0.15, 0.2) is 0 Å². The minimum absolute atomic E-state index is 0.113. The molecule has 0 aliphatic heterocycles. The van der Waals surface area contributed by atoms with Gasteiger partial charge in [-0.05, 0) is 18.7 Å². The molecule has 1 rings (SSSR count). The Bertz CT molecular complexity index is 428. The summed E-state index contributed by atoms with van der Waals surface area (Å²) in [7, 11) is 1.79. The number of carbonyl (C=O) groups is 1. The zero-order valence-electron chi connectivity index (χ0n) is 10.8. The van der Waals surface area contributed by atoms with Crippen molar-refractivity contribution in [3.05, 3.63) is 23.0 Å². The van der Waals surface area contributed by atoms with Gasteiger partial charge in [-0.2, -0.15) is 11.8 Å². The summed E-state index contributed by atoms with van der Waals surface area (Å²) in [5.41, 5.74) is 6.54. The van der Waals surface area contributed by atoms with E-state index in [0.717, 1.165) is 12.2 Å². The fraction of sp³-hybridized carbons (Fsp3) is 0.500. The molecule has 18 heavy (non-hydrogen) atoms. The number of rotatable bonds is 5. The molecular weight excluding hydrogens is 270 g/mol. The maximum atomic E-state index is 12.3. The third kappa shape index (κ3) is 3.53. The van der Waals surface area contributed by atoms with Crippen LogP contribution in [0.15, 0.2) is 12.3 Å². The van der Waals surface area contributed by atoms with E-state index in [4.69, 9.17) is 17.3 Å². The summed E-state index contributed by atoms with van der Waals surface area (Å²) < 4.78 is 0. The van der Waals surface area contributed by atoms with E-state index >= 15 is 0 Å². The van der Waals surface area contributed by atoms with Crippen molar-refractivity contribution >= 4 is 35.0 Å². The highest BCUT2D eigenvalue weighted by Crippen LogP contribution is 2.19. The van der Waals surface area contributed by atoms with E-state index in [2.05, 4.69) is 11.9 Å². The van der Waals surface area contributed by atoms with E-state index in [1.54, 1.807) is 23.7 Å². The van der Waals surface area contributed by atoms with Crippen LogP contribution in [0.5, 0.6) is 0 Å². The van der Waals surface area contributed by atoms with Crippen molar-refractivity contribution in [2.24, 2.45) is 0 Å². The summed E-state index contributed by atoms with van der Waals surface area (Å²) in [6.07, 6.45) is 4.35. The van der Waals surface area contributed by atoms with Crippen molar-refractivity contribution in [1.82, 2.24) is 9.88 Å². The van der Waals surface area contributed by atoms with E-state index in [9.17, 15) is 4.79 Å². The van der Waals surface area contributed by atoms with E-state index in [0.29, 0.717) is 11.3 Å². The minimum Gasteiger partial charge on any atom is -0.397 e. The number of hydrogen-bond donors (Lipinski definition) is 1. The van der Waals surface area contributed by atoms with Gasteiger partial charge >= 0.3 is 0 Å². The van der Waals surface area contributed by atoms with Gasteiger partial charge in [0.25, 0.3) is 5.91 Å². The molecule has 100 valence electrons. The Hall–Kier alpha value is -0.940. The highest BCUT2D eigenvalue weighted by Gasteiger charge is 2.21. The number of hydrogen-bond acceptors (Lipinski definition) is 4. The Morgan fingerprint density at radius 3 is 2.89 bits per heavy atom. The Labute approximate surface area is 117 Å². The van der Waals surface area contributed by atoms with Crippen LogP contribution in [0.3, 0.4) is 0 Å². The lowest BCUT2D eigenvalue weighted by atomic mass is 10.1. The molecule has 0 spiro atoms. The molecule has 1 amide bonds. The highest BCUT2D eigenvalue weighted by molar-refractivity contribution is 7.98. The van der Waals surface area contributed by atoms with Crippen LogP contribution in [0.25, 0.3) is 0 Å². The molecule has 0 aliphatic rings. The molecule has 6 heteroatoms. The molecule has 1 unspecified atom stereocenters. The number of thioether (sulfide) groups is 1. The molecule has 1 aromatic heterocycles. The highest BCUT2D eigenvalue weighted by atomic mass is 35.5. The van der Waals surface area contributed by atoms with E-state index < -0.39 is 0 Å². The van der Waals surface area contributed by atoms with Crippen LogP contribution in [0.1, 0.15) is 23.7 Å². The maximum Gasteiger partial charge on any atom is 0.256 e. The predicted molar refractivity (Wildman–Crippen MR) is 78.2 cm³/mol. The summed E-state index contributed by atoms with van der Waals surface area (Å²) >= 11 is 7.52. The number of nitrogen functional groups attached to an aromatic ring is 1. The van der Waals surface area contributed by atoms with Crippen molar-refractivity contribution in [1.29, 1.82) is 0 Å². The van der Waals surface area contributed by atoms with Gasteiger partial charge < -0.3 is 10.6 Å². The monoisotopic (exact) mass is 287 g/mol. The lowest BCUT2D eigenvalue weighted by molar-refractivity contribution is 0.0744. The first kappa shape index (κ1) is 15.1. The molecule has 0 aliphatic carbocycles. The number of nitrogens with zero attached hydrogens (tertiary/aromatic N) is 2. The van der Waals surface area contributed by atoms with Crippen LogP contribution in [0.4, 0.5) is 5.69 Å². The van der Waals surface area contributed by atoms with E-state index in [-0.39, 0.29) is 17.1 Å². The Balaban J connectivity index is 2.95. The molecule has 2 N–H and O–H groups in total. The van der Waals surface area contributed by atoms with Crippen molar-refractivity contribution in [3.63, 3.8) is 0 Å². The topological polar surface area (TPSA) is 59.2 Å². The first-order chi connectivity index (χ1) is 8.51. The van der Waals surface area contributed by atoms with Crippen molar-refractivity contribution in [2.45, 2.75) is 19.4 Å². The van der Waals surface area contributed by atoms with Crippen molar-refractivity contribution in [3.8, 4) is 0 Å². The molecule has 1 heterocycles. The lowest BCUT2D eigenvalue weighted by Gasteiger charge is -2.27. The molecule has 4 nitrogen and oxygen atoms in total. The third-order valence-electron chi connectivity index (χ3n) is 2.83. The molecule has 0 aromatic carbocycles. The smallest absolute Gasteiger partial charge is 0.256 e. The van der Waals surface area contributed by atoms with Gasteiger partial charge in [-0.1, -0.05) is 18.5 Å². The summed E-state index contributed by atoms with van der Waals surface area (Å²) in [5, 5.41) is 0.277. The van der Waals surface area contributed by atoms with Crippen molar-refractivity contribution < 1.29 is 4.79 Å². The van der Waals surface area contributed by atoms with Crippen LogP contribution < -0.4 is 5.73 Å². The summed E-state index contributed by atoms with van der Waals surface area (Å²) in [6.45, 7) is 2.06. The Morgan fingerprint density at radius 2 is 2.33 bits per heavy atom. The third-order valence-corrected chi connectivity index (χ3v) is 3.75. The average molecular weight is 288 g/mol. The van der Waals surface area contributed by atoms with Crippen LogP contribution in [-0.2, 0) is 0 Å². The molecular formula is C12H18ClN3OS. The van der Waals surface area contributed by atoms with Gasteiger partial charge in [-0.15, -0.1) is 0 Å². The second-order valence-electron chi connectivity index (χ2n) is 4.03. The molecule has 1 atom stereocenters. The van der Waals surface area contributed by atoms with Crippen LogP contribution in [0.2, 0.25) is 5.15 Å². The normalized spacial score (nSPS) is 12.2.